The van der Waals surface area contributed by atoms with Crippen molar-refractivity contribution in [1.29, 1.82) is 0 Å². The Bertz CT molecular complexity index is 294. The molecule has 0 aliphatic carbocycles. The maximum atomic E-state index is 2.40. The molecule has 2 nitrogen and oxygen atoms in total. The van der Waals surface area contributed by atoms with Crippen molar-refractivity contribution in [3.63, 3.8) is 0 Å². The number of fused-ring (bicyclic) bond motifs is 1. The van der Waals surface area contributed by atoms with Gasteiger partial charge in [0.25, 0.3) is 0 Å². The van der Waals surface area contributed by atoms with E-state index < -0.39 is 0 Å². The monoisotopic (exact) mass is 178 g/mol. The second-order valence-electron chi connectivity index (χ2n) is 4.06. The molecule has 70 valence electrons. The highest BCUT2D eigenvalue weighted by atomic mass is 15.1. The summed E-state index contributed by atoms with van der Waals surface area (Å²) in [7, 11) is 4.47. The van der Waals surface area contributed by atoms with Crippen LogP contribution in [0.3, 0.4) is 0 Å². The molecular formula is C11H18N2+2. The molecular weight excluding hydrogens is 160 g/mol. The Morgan fingerprint density at radius 3 is 2.85 bits per heavy atom. The smallest absolute Gasteiger partial charge is 0.163 e. The number of nitrogens with one attached hydrogen (secondary N) is 1. The van der Waals surface area contributed by atoms with E-state index in [9.17, 15) is 0 Å². The van der Waals surface area contributed by atoms with Gasteiger partial charge < -0.3 is 10.2 Å². The summed E-state index contributed by atoms with van der Waals surface area (Å²) in [6.45, 7) is 2.37. The fraction of sp³-hybridized carbons (Fsp3) is 0.455. The molecule has 0 spiro atoms. The molecule has 0 radical (unpaired) electrons. The SMILES string of the molecule is C[NH+](C)[C@H]1C[NH2+]Cc2ccccc21. The molecule has 3 N–H and O–H groups in total. The third-order valence-electron chi connectivity index (χ3n) is 2.89. The summed E-state index contributed by atoms with van der Waals surface area (Å²) in [5.74, 6) is 0. The predicted octanol–water partition coefficient (Wildman–Crippen LogP) is -1.05. The average molecular weight is 178 g/mol. The summed E-state index contributed by atoms with van der Waals surface area (Å²) in [6.07, 6.45) is 0. The first-order chi connectivity index (χ1) is 6.29. The van der Waals surface area contributed by atoms with E-state index in [1.165, 1.54) is 17.0 Å². The molecule has 0 saturated heterocycles. The molecule has 0 amide bonds. The number of hydrogen-bond donors (Lipinski definition) is 2. The second-order valence-corrected chi connectivity index (χ2v) is 4.06. The largest absolute Gasteiger partial charge is 0.337 e. The lowest BCUT2D eigenvalue weighted by Crippen LogP contribution is -3.10. The Kier molecular flexibility index (Phi) is 2.34. The van der Waals surface area contributed by atoms with Crippen LogP contribution >= 0.6 is 0 Å². The number of benzene rings is 1. The summed E-state index contributed by atoms with van der Waals surface area (Å²) < 4.78 is 0. The van der Waals surface area contributed by atoms with Crippen LogP contribution in [0.5, 0.6) is 0 Å². The van der Waals surface area contributed by atoms with Crippen molar-refractivity contribution >= 4 is 0 Å². The van der Waals surface area contributed by atoms with Gasteiger partial charge in [0.15, 0.2) is 6.04 Å². The van der Waals surface area contributed by atoms with Gasteiger partial charge in [0, 0.05) is 11.1 Å². The van der Waals surface area contributed by atoms with E-state index in [0.29, 0.717) is 6.04 Å². The molecule has 0 saturated carbocycles. The van der Waals surface area contributed by atoms with E-state index in [2.05, 4.69) is 43.7 Å². The van der Waals surface area contributed by atoms with Gasteiger partial charge in [0.1, 0.15) is 13.1 Å². The van der Waals surface area contributed by atoms with Crippen molar-refractivity contribution in [1.82, 2.24) is 0 Å². The summed E-state index contributed by atoms with van der Waals surface area (Å²) in [6, 6.07) is 9.49. The molecule has 0 unspecified atom stereocenters. The van der Waals surface area contributed by atoms with Gasteiger partial charge in [-0.15, -0.1) is 0 Å². The van der Waals surface area contributed by atoms with Gasteiger partial charge in [0.05, 0.1) is 14.1 Å². The second kappa shape index (κ2) is 3.48. The minimum absolute atomic E-state index is 0.671. The van der Waals surface area contributed by atoms with Crippen molar-refractivity contribution in [2.45, 2.75) is 12.6 Å². The Balaban J connectivity index is 2.37. The lowest BCUT2D eigenvalue weighted by molar-refractivity contribution is -0.912. The highest BCUT2D eigenvalue weighted by molar-refractivity contribution is 5.29. The fourth-order valence-corrected chi connectivity index (χ4v) is 2.14. The Morgan fingerprint density at radius 2 is 2.08 bits per heavy atom. The number of hydrogen-bond acceptors (Lipinski definition) is 0. The molecule has 1 aliphatic heterocycles. The average Bonchev–Trinajstić information content (AvgIpc) is 2.17. The van der Waals surface area contributed by atoms with Crippen LogP contribution in [0.2, 0.25) is 0 Å². The van der Waals surface area contributed by atoms with Crippen molar-refractivity contribution < 1.29 is 10.2 Å². The van der Waals surface area contributed by atoms with Crippen LogP contribution in [0.1, 0.15) is 17.2 Å². The summed E-state index contributed by atoms with van der Waals surface area (Å²) in [4.78, 5) is 1.53. The van der Waals surface area contributed by atoms with Gasteiger partial charge in [-0.05, 0) is 0 Å². The molecule has 13 heavy (non-hydrogen) atoms. The van der Waals surface area contributed by atoms with Crippen LogP contribution in [-0.4, -0.2) is 20.6 Å². The van der Waals surface area contributed by atoms with E-state index in [0.717, 1.165) is 6.54 Å². The Labute approximate surface area is 79.6 Å². The normalized spacial score (nSPS) is 21.6. The van der Waals surface area contributed by atoms with Crippen LogP contribution < -0.4 is 10.2 Å². The molecule has 1 atom stereocenters. The zero-order valence-corrected chi connectivity index (χ0v) is 8.38. The van der Waals surface area contributed by atoms with Crippen LogP contribution in [-0.2, 0) is 6.54 Å². The third kappa shape index (κ3) is 1.60. The van der Waals surface area contributed by atoms with Crippen molar-refractivity contribution in [2.24, 2.45) is 0 Å². The lowest BCUT2D eigenvalue weighted by atomic mass is 9.96. The van der Waals surface area contributed by atoms with Crippen molar-refractivity contribution in [3.05, 3.63) is 35.4 Å². The van der Waals surface area contributed by atoms with Gasteiger partial charge in [-0.2, -0.15) is 0 Å². The van der Waals surface area contributed by atoms with Gasteiger partial charge in [0.2, 0.25) is 0 Å². The molecule has 0 bridgehead atoms. The molecule has 1 aliphatic rings. The molecule has 0 aromatic heterocycles. The summed E-state index contributed by atoms with van der Waals surface area (Å²) >= 11 is 0. The van der Waals surface area contributed by atoms with E-state index in [4.69, 9.17) is 0 Å². The topological polar surface area (TPSA) is 21.1 Å². The maximum Gasteiger partial charge on any atom is 0.163 e. The van der Waals surface area contributed by atoms with Crippen LogP contribution in [0.15, 0.2) is 24.3 Å². The quantitative estimate of drug-likeness (QED) is 0.547. The minimum Gasteiger partial charge on any atom is -0.337 e. The number of likely N-dealkylation sites (N-methyl/N-ethyl adjacent to an activating group) is 1. The Hall–Kier alpha value is -0.860. The minimum atomic E-state index is 0.671. The third-order valence-corrected chi connectivity index (χ3v) is 2.89. The maximum absolute atomic E-state index is 2.40. The first-order valence-corrected chi connectivity index (χ1v) is 4.98. The van der Waals surface area contributed by atoms with Crippen LogP contribution in [0.25, 0.3) is 0 Å². The fourth-order valence-electron chi connectivity index (χ4n) is 2.14. The van der Waals surface area contributed by atoms with E-state index in [-0.39, 0.29) is 0 Å². The zero-order valence-electron chi connectivity index (χ0n) is 8.38. The van der Waals surface area contributed by atoms with E-state index in [1.807, 2.05) is 0 Å². The number of quaternary nitrogens is 2. The first kappa shape index (κ1) is 8.73. The predicted molar refractivity (Wildman–Crippen MR) is 52.5 cm³/mol. The van der Waals surface area contributed by atoms with Crippen molar-refractivity contribution in [3.8, 4) is 0 Å². The first-order valence-electron chi connectivity index (χ1n) is 4.98. The summed E-state index contributed by atoms with van der Waals surface area (Å²) in [5, 5.41) is 2.40. The van der Waals surface area contributed by atoms with Gasteiger partial charge in [-0.1, -0.05) is 24.3 Å². The molecule has 1 aromatic rings. The number of rotatable bonds is 1. The molecule has 1 aromatic carbocycles. The van der Waals surface area contributed by atoms with Crippen LogP contribution in [0.4, 0.5) is 0 Å². The molecule has 2 heteroatoms. The van der Waals surface area contributed by atoms with Gasteiger partial charge in [-0.25, -0.2) is 0 Å². The highest BCUT2D eigenvalue weighted by Crippen LogP contribution is 2.15. The molecule has 1 heterocycles. The van der Waals surface area contributed by atoms with Crippen molar-refractivity contribution in [2.75, 3.05) is 20.6 Å². The standard InChI is InChI=1S/C11H16N2/c1-13(2)11-8-12-7-9-5-3-4-6-10(9)11/h3-6,11-12H,7-8H2,1-2H3/p+2/t11-/m0/s1. The van der Waals surface area contributed by atoms with Gasteiger partial charge >= 0.3 is 0 Å². The summed E-state index contributed by atoms with van der Waals surface area (Å²) in [5.41, 5.74) is 3.06. The lowest BCUT2D eigenvalue weighted by Gasteiger charge is -2.26. The highest BCUT2D eigenvalue weighted by Gasteiger charge is 2.26. The zero-order chi connectivity index (χ0) is 9.26. The van der Waals surface area contributed by atoms with Gasteiger partial charge in [-0.3, -0.25) is 0 Å². The molecule has 0 fully saturated rings. The molecule has 2 rings (SSSR count). The van der Waals surface area contributed by atoms with E-state index >= 15 is 0 Å². The van der Waals surface area contributed by atoms with E-state index in [1.54, 1.807) is 5.56 Å². The Morgan fingerprint density at radius 1 is 1.31 bits per heavy atom. The number of nitrogens with two attached hydrogens (primary N) is 1. The van der Waals surface area contributed by atoms with Crippen LogP contribution in [0, 0.1) is 0 Å².